The maximum absolute atomic E-state index is 13.5. The van der Waals surface area contributed by atoms with Gasteiger partial charge in [0.1, 0.15) is 6.04 Å². The maximum Gasteiger partial charge on any atom is 0.471 e. The van der Waals surface area contributed by atoms with Crippen molar-refractivity contribution in [1.29, 1.82) is 0 Å². The number of nitrogens with zero attached hydrogens (tertiary/aromatic N) is 1. The second-order valence-corrected chi connectivity index (χ2v) is 7.20. The fraction of sp³-hybridized carbons (Fsp3) is 0.476. The van der Waals surface area contributed by atoms with Crippen LogP contribution in [0.15, 0.2) is 42.5 Å². The van der Waals surface area contributed by atoms with Crippen molar-refractivity contribution in [1.82, 2.24) is 4.90 Å². The fourth-order valence-electron chi connectivity index (χ4n) is 3.29. The highest BCUT2D eigenvalue weighted by Gasteiger charge is 2.51. The Morgan fingerprint density at radius 1 is 1.13 bits per heavy atom. The molecule has 7 nitrogen and oxygen atoms in total. The average molecular weight is 445 g/mol. The molecule has 0 bridgehead atoms. The maximum atomic E-state index is 13.5. The van der Waals surface area contributed by atoms with Gasteiger partial charge in [0.25, 0.3) is 0 Å². The van der Waals surface area contributed by atoms with Crippen LogP contribution in [0.3, 0.4) is 0 Å². The van der Waals surface area contributed by atoms with Crippen LogP contribution in [0.25, 0.3) is 0 Å². The van der Waals surface area contributed by atoms with Gasteiger partial charge in [-0.25, -0.2) is 9.59 Å². The quantitative estimate of drug-likeness (QED) is 0.464. The predicted molar refractivity (Wildman–Crippen MR) is 105 cm³/mol. The highest BCUT2D eigenvalue weighted by atomic mass is 19.4. The molecule has 3 atom stereocenters. The van der Waals surface area contributed by atoms with Gasteiger partial charge in [-0.3, -0.25) is 4.79 Å². The molecule has 31 heavy (non-hydrogen) atoms. The minimum Gasteiger partial charge on any atom is -0.467 e. The van der Waals surface area contributed by atoms with Crippen molar-refractivity contribution < 1.29 is 42.1 Å². The van der Waals surface area contributed by atoms with Crippen LogP contribution in [0.4, 0.5) is 13.2 Å². The Labute approximate surface area is 178 Å². The van der Waals surface area contributed by atoms with Gasteiger partial charge in [0.2, 0.25) is 0 Å². The van der Waals surface area contributed by atoms with E-state index in [4.69, 9.17) is 0 Å². The Morgan fingerprint density at radius 3 is 2.10 bits per heavy atom. The van der Waals surface area contributed by atoms with Crippen LogP contribution < -0.4 is 0 Å². The summed E-state index contributed by atoms with van der Waals surface area (Å²) >= 11 is 0. The van der Waals surface area contributed by atoms with E-state index in [0.717, 1.165) is 14.2 Å². The van der Waals surface area contributed by atoms with Crippen molar-refractivity contribution >= 4 is 17.8 Å². The molecule has 1 aromatic carbocycles. The summed E-state index contributed by atoms with van der Waals surface area (Å²) in [6, 6.07) is 4.52. The molecule has 0 saturated heterocycles. The molecule has 0 radical (unpaired) electrons. The summed E-state index contributed by atoms with van der Waals surface area (Å²) in [5.41, 5.74) is -1.81. The molecule has 0 spiro atoms. The predicted octanol–water partition coefficient (Wildman–Crippen LogP) is 2.94. The molecule has 1 rings (SSSR count). The minimum absolute atomic E-state index is 0.271. The largest absolute Gasteiger partial charge is 0.471 e. The number of hydrogen-bond acceptors (Lipinski definition) is 6. The van der Waals surface area contributed by atoms with Gasteiger partial charge < -0.3 is 19.5 Å². The fourth-order valence-corrected chi connectivity index (χ4v) is 3.29. The number of hydrogen-bond donors (Lipinski definition) is 1. The summed E-state index contributed by atoms with van der Waals surface area (Å²) in [6.45, 7) is 6.36. The Balaban J connectivity index is 3.60. The van der Waals surface area contributed by atoms with E-state index in [1.54, 1.807) is 18.2 Å². The number of methoxy groups -OCH3 is 2. The van der Waals surface area contributed by atoms with E-state index >= 15 is 0 Å². The molecular weight excluding hydrogens is 419 g/mol. The van der Waals surface area contributed by atoms with Crippen LogP contribution in [0.1, 0.15) is 38.3 Å². The summed E-state index contributed by atoms with van der Waals surface area (Å²) < 4.78 is 49.6. The molecule has 0 aliphatic heterocycles. The van der Waals surface area contributed by atoms with E-state index in [2.05, 4.69) is 16.1 Å². The van der Waals surface area contributed by atoms with Gasteiger partial charge in [-0.15, -0.1) is 6.58 Å². The number of amides is 1. The molecule has 0 unspecified atom stereocenters. The first-order valence-corrected chi connectivity index (χ1v) is 9.26. The third-order valence-electron chi connectivity index (χ3n) is 4.68. The van der Waals surface area contributed by atoms with Gasteiger partial charge in [0, 0.05) is 12.8 Å². The Hall–Kier alpha value is -2.88. The van der Waals surface area contributed by atoms with Crippen molar-refractivity contribution in [2.24, 2.45) is 0 Å². The van der Waals surface area contributed by atoms with Crippen molar-refractivity contribution in [3.63, 3.8) is 0 Å². The zero-order valence-corrected chi connectivity index (χ0v) is 17.7. The molecule has 10 heteroatoms. The Bertz CT molecular complexity index is 811. The van der Waals surface area contributed by atoms with Crippen LogP contribution in [-0.4, -0.2) is 59.9 Å². The molecule has 1 N–H and O–H groups in total. The van der Waals surface area contributed by atoms with Crippen molar-refractivity contribution in [2.45, 2.75) is 50.6 Å². The molecule has 1 aromatic rings. The summed E-state index contributed by atoms with van der Waals surface area (Å²) in [6.07, 6.45) is -6.62. The van der Waals surface area contributed by atoms with Gasteiger partial charge in [-0.05, 0) is 19.4 Å². The summed E-state index contributed by atoms with van der Waals surface area (Å²) in [5.74, 6) is -4.73. The second kappa shape index (κ2) is 10.4. The number of carbonyl (C=O) groups is 3. The van der Waals surface area contributed by atoms with Crippen LogP contribution >= 0.6 is 0 Å². The third kappa shape index (κ3) is 6.55. The van der Waals surface area contributed by atoms with Crippen molar-refractivity contribution in [2.75, 3.05) is 14.2 Å². The SMILES string of the molecule is C=C(C)C[C@](O)(C[C@@H](C(=O)OC)N(C(=O)C(F)(F)F)[C@H](C)c1ccccc1)C(=O)OC. The monoisotopic (exact) mass is 445 g/mol. The molecular formula is C21H26F3NO6. The lowest BCUT2D eigenvalue weighted by Gasteiger charge is -2.38. The zero-order chi connectivity index (χ0) is 24.0. The van der Waals surface area contributed by atoms with E-state index in [0.29, 0.717) is 11.1 Å². The molecule has 172 valence electrons. The highest BCUT2D eigenvalue weighted by Crippen LogP contribution is 2.34. The van der Waals surface area contributed by atoms with Gasteiger partial charge in [0.15, 0.2) is 5.60 Å². The lowest BCUT2D eigenvalue weighted by molar-refractivity contribution is -0.195. The summed E-state index contributed by atoms with van der Waals surface area (Å²) in [4.78, 5) is 37.4. The number of carbonyl (C=O) groups excluding carboxylic acids is 3. The van der Waals surface area contributed by atoms with Crippen LogP contribution in [0.5, 0.6) is 0 Å². The van der Waals surface area contributed by atoms with E-state index in [1.807, 2.05) is 0 Å². The van der Waals surface area contributed by atoms with E-state index in [1.165, 1.54) is 26.0 Å². The number of halogens is 3. The second-order valence-electron chi connectivity index (χ2n) is 7.20. The number of rotatable bonds is 9. The smallest absolute Gasteiger partial charge is 0.467 e. The molecule has 0 aliphatic carbocycles. The number of benzene rings is 1. The zero-order valence-electron chi connectivity index (χ0n) is 17.7. The van der Waals surface area contributed by atoms with E-state index < -0.39 is 54.5 Å². The van der Waals surface area contributed by atoms with Crippen molar-refractivity contribution in [3.8, 4) is 0 Å². The van der Waals surface area contributed by atoms with E-state index in [-0.39, 0.29) is 4.90 Å². The first-order valence-electron chi connectivity index (χ1n) is 9.26. The van der Waals surface area contributed by atoms with Gasteiger partial charge in [-0.2, -0.15) is 13.2 Å². The number of aliphatic hydroxyl groups is 1. The number of ether oxygens (including phenoxy) is 2. The molecule has 0 heterocycles. The normalized spacial score (nSPS) is 15.2. The van der Waals surface area contributed by atoms with Gasteiger partial charge >= 0.3 is 24.0 Å². The van der Waals surface area contributed by atoms with Crippen LogP contribution in [-0.2, 0) is 23.9 Å². The molecule has 0 aromatic heterocycles. The summed E-state index contributed by atoms with van der Waals surface area (Å²) in [7, 11) is 1.90. The third-order valence-corrected chi connectivity index (χ3v) is 4.68. The average Bonchev–Trinajstić information content (AvgIpc) is 2.71. The van der Waals surface area contributed by atoms with Crippen LogP contribution in [0.2, 0.25) is 0 Å². The van der Waals surface area contributed by atoms with Gasteiger partial charge in [0.05, 0.1) is 20.3 Å². The Kier molecular flexibility index (Phi) is 8.80. The standard InChI is InChI=1S/C21H26F3NO6/c1-13(2)11-20(29,19(28)31-5)12-16(17(26)30-4)25(18(27)21(22,23)24)14(3)15-9-7-6-8-10-15/h6-10,14,16,29H,1,11-12H2,2-5H3/t14-,16+,20+/m1/s1. The Morgan fingerprint density at radius 2 is 1.68 bits per heavy atom. The first-order chi connectivity index (χ1) is 14.3. The van der Waals surface area contributed by atoms with Crippen LogP contribution in [0, 0.1) is 0 Å². The molecule has 0 saturated carbocycles. The lowest BCUT2D eigenvalue weighted by atomic mass is 9.87. The molecule has 1 amide bonds. The highest BCUT2D eigenvalue weighted by molar-refractivity contribution is 5.89. The lowest BCUT2D eigenvalue weighted by Crippen LogP contribution is -2.56. The summed E-state index contributed by atoms with van der Waals surface area (Å²) in [5, 5.41) is 10.9. The first kappa shape index (κ1) is 26.2. The van der Waals surface area contributed by atoms with Crippen molar-refractivity contribution in [3.05, 3.63) is 48.0 Å². The molecule has 0 aliphatic rings. The topological polar surface area (TPSA) is 93.1 Å². The minimum atomic E-state index is -5.33. The van der Waals surface area contributed by atoms with E-state index in [9.17, 15) is 32.7 Å². The van der Waals surface area contributed by atoms with Gasteiger partial charge in [-0.1, -0.05) is 35.9 Å². The number of alkyl halides is 3. The molecule has 0 fully saturated rings. The number of esters is 2.